The maximum Gasteiger partial charge on any atom is 0.0125 e. The fraction of sp³-hybridized carbons (Fsp3) is 1.00. The van der Waals surface area contributed by atoms with E-state index in [1.165, 1.54) is 58.2 Å². The van der Waals surface area contributed by atoms with E-state index in [0.717, 1.165) is 24.0 Å². The lowest BCUT2D eigenvalue weighted by Crippen LogP contribution is -2.52. The number of likely N-dealkylation sites (tertiary alicyclic amines) is 1. The standard InChI is InChI=1S/C17H33N3/c1-13(2)18-11-14-5-4-8-20(12-14)17-9-15-6-7-16(10-17)19(15)3/h13-18H,4-12H2,1-3H3. The minimum absolute atomic E-state index is 0.629. The van der Waals surface area contributed by atoms with Crippen molar-refractivity contribution in [2.75, 3.05) is 26.7 Å². The molecule has 3 fully saturated rings. The topological polar surface area (TPSA) is 18.5 Å². The molecule has 3 rings (SSSR count). The number of nitrogens with zero attached hydrogens (tertiary/aromatic N) is 2. The third kappa shape index (κ3) is 3.20. The quantitative estimate of drug-likeness (QED) is 0.852. The van der Waals surface area contributed by atoms with Crippen LogP contribution in [0.3, 0.4) is 0 Å². The lowest BCUT2D eigenvalue weighted by Gasteiger charge is -2.44. The van der Waals surface area contributed by atoms with Crippen LogP contribution in [-0.4, -0.2) is 60.6 Å². The van der Waals surface area contributed by atoms with Crippen molar-refractivity contribution in [2.45, 2.75) is 76.5 Å². The second-order valence-electron chi connectivity index (χ2n) is 7.74. The second-order valence-corrected chi connectivity index (χ2v) is 7.74. The van der Waals surface area contributed by atoms with Crippen LogP contribution in [0.25, 0.3) is 0 Å². The molecule has 3 aliphatic heterocycles. The molecule has 1 N–H and O–H groups in total. The Kier molecular flexibility index (Phi) is 4.68. The molecule has 3 atom stereocenters. The number of fused-ring (bicyclic) bond motifs is 2. The molecule has 3 saturated heterocycles. The maximum absolute atomic E-state index is 3.64. The largest absolute Gasteiger partial charge is 0.314 e. The molecule has 0 aromatic heterocycles. The third-order valence-electron chi connectivity index (χ3n) is 5.95. The molecule has 3 heterocycles. The van der Waals surface area contributed by atoms with Gasteiger partial charge in [0.25, 0.3) is 0 Å². The summed E-state index contributed by atoms with van der Waals surface area (Å²) in [5, 5.41) is 3.64. The van der Waals surface area contributed by atoms with Gasteiger partial charge in [-0.2, -0.15) is 0 Å². The van der Waals surface area contributed by atoms with Crippen molar-refractivity contribution in [1.82, 2.24) is 15.1 Å². The monoisotopic (exact) mass is 279 g/mol. The zero-order chi connectivity index (χ0) is 14.1. The van der Waals surface area contributed by atoms with Crippen molar-refractivity contribution in [3.63, 3.8) is 0 Å². The van der Waals surface area contributed by atoms with Gasteiger partial charge in [0.1, 0.15) is 0 Å². The Hall–Kier alpha value is -0.120. The average molecular weight is 279 g/mol. The van der Waals surface area contributed by atoms with Gasteiger partial charge in [0, 0.05) is 30.7 Å². The summed E-state index contributed by atoms with van der Waals surface area (Å²) in [7, 11) is 2.35. The van der Waals surface area contributed by atoms with Crippen LogP contribution < -0.4 is 5.32 Å². The molecule has 3 aliphatic rings. The molecule has 2 bridgehead atoms. The molecular formula is C17H33N3. The van der Waals surface area contributed by atoms with Gasteiger partial charge in [-0.3, -0.25) is 4.90 Å². The number of hydrogen-bond donors (Lipinski definition) is 1. The molecule has 0 spiro atoms. The van der Waals surface area contributed by atoms with Gasteiger partial charge < -0.3 is 10.2 Å². The predicted octanol–water partition coefficient (Wildman–Crippen LogP) is 2.32. The Labute approximate surface area is 125 Å². The summed E-state index contributed by atoms with van der Waals surface area (Å²) in [6.07, 6.45) is 8.59. The van der Waals surface area contributed by atoms with Gasteiger partial charge in [-0.1, -0.05) is 13.8 Å². The van der Waals surface area contributed by atoms with Gasteiger partial charge in [0.15, 0.2) is 0 Å². The van der Waals surface area contributed by atoms with E-state index in [1.54, 1.807) is 0 Å². The summed E-state index contributed by atoms with van der Waals surface area (Å²) in [6.45, 7) is 8.43. The molecule has 0 radical (unpaired) electrons. The Bertz CT molecular complexity index is 303. The van der Waals surface area contributed by atoms with E-state index in [2.05, 4.69) is 36.0 Å². The number of nitrogens with one attached hydrogen (secondary N) is 1. The first-order valence-electron chi connectivity index (χ1n) is 8.83. The first-order valence-corrected chi connectivity index (χ1v) is 8.83. The average Bonchev–Trinajstić information content (AvgIpc) is 2.67. The van der Waals surface area contributed by atoms with E-state index < -0.39 is 0 Å². The van der Waals surface area contributed by atoms with E-state index >= 15 is 0 Å². The van der Waals surface area contributed by atoms with Gasteiger partial charge in [-0.25, -0.2) is 0 Å². The molecule has 20 heavy (non-hydrogen) atoms. The molecule has 0 aromatic carbocycles. The predicted molar refractivity (Wildman–Crippen MR) is 85.0 cm³/mol. The molecule has 0 saturated carbocycles. The smallest absolute Gasteiger partial charge is 0.0125 e. The van der Waals surface area contributed by atoms with Crippen molar-refractivity contribution in [3.8, 4) is 0 Å². The van der Waals surface area contributed by atoms with E-state index in [9.17, 15) is 0 Å². The lowest BCUT2D eigenvalue weighted by molar-refractivity contribution is 0.0477. The van der Waals surface area contributed by atoms with E-state index in [4.69, 9.17) is 0 Å². The normalized spacial score (nSPS) is 39.6. The maximum atomic E-state index is 3.64. The summed E-state index contributed by atoms with van der Waals surface area (Å²) in [4.78, 5) is 5.51. The van der Waals surface area contributed by atoms with Crippen LogP contribution in [-0.2, 0) is 0 Å². The molecule has 3 nitrogen and oxygen atoms in total. The van der Waals surface area contributed by atoms with Gasteiger partial charge in [0.2, 0.25) is 0 Å². The number of hydrogen-bond acceptors (Lipinski definition) is 3. The zero-order valence-corrected chi connectivity index (χ0v) is 13.6. The third-order valence-corrected chi connectivity index (χ3v) is 5.95. The van der Waals surface area contributed by atoms with Crippen LogP contribution in [0.4, 0.5) is 0 Å². The van der Waals surface area contributed by atoms with E-state index in [-0.39, 0.29) is 0 Å². The Balaban J connectivity index is 1.52. The number of rotatable bonds is 4. The molecule has 0 aliphatic carbocycles. The van der Waals surface area contributed by atoms with Crippen molar-refractivity contribution in [1.29, 1.82) is 0 Å². The highest BCUT2D eigenvalue weighted by molar-refractivity contribution is 4.97. The van der Waals surface area contributed by atoms with Crippen molar-refractivity contribution >= 4 is 0 Å². The highest BCUT2D eigenvalue weighted by atomic mass is 15.2. The SMILES string of the molecule is CC(C)NCC1CCCN(C2CC3CCC(C2)N3C)C1. The first-order chi connectivity index (χ1) is 9.63. The van der Waals surface area contributed by atoms with Crippen LogP contribution in [0.15, 0.2) is 0 Å². The van der Waals surface area contributed by atoms with Gasteiger partial charge >= 0.3 is 0 Å². The van der Waals surface area contributed by atoms with Crippen LogP contribution in [0.1, 0.15) is 52.4 Å². The zero-order valence-electron chi connectivity index (χ0n) is 13.6. The van der Waals surface area contributed by atoms with Crippen LogP contribution in [0.5, 0.6) is 0 Å². The fourth-order valence-corrected chi connectivity index (χ4v) is 4.68. The minimum atomic E-state index is 0.629. The molecule has 0 aromatic rings. The Morgan fingerprint density at radius 3 is 2.40 bits per heavy atom. The minimum Gasteiger partial charge on any atom is -0.314 e. The lowest BCUT2D eigenvalue weighted by atomic mass is 9.91. The van der Waals surface area contributed by atoms with Crippen molar-refractivity contribution in [2.24, 2.45) is 5.92 Å². The van der Waals surface area contributed by atoms with Crippen LogP contribution in [0, 0.1) is 5.92 Å². The first kappa shape index (κ1) is 14.8. The summed E-state index contributed by atoms with van der Waals surface area (Å²) >= 11 is 0. The van der Waals surface area contributed by atoms with Crippen molar-refractivity contribution < 1.29 is 0 Å². The highest BCUT2D eigenvalue weighted by Gasteiger charge is 2.41. The fourth-order valence-electron chi connectivity index (χ4n) is 4.68. The van der Waals surface area contributed by atoms with Gasteiger partial charge in [-0.15, -0.1) is 0 Å². The van der Waals surface area contributed by atoms with Gasteiger partial charge in [0.05, 0.1) is 0 Å². The molecule has 0 amide bonds. The van der Waals surface area contributed by atoms with Crippen LogP contribution >= 0.6 is 0 Å². The summed E-state index contributed by atoms with van der Waals surface area (Å²) < 4.78 is 0. The summed E-state index contributed by atoms with van der Waals surface area (Å²) in [5.41, 5.74) is 0. The number of piperidine rings is 2. The van der Waals surface area contributed by atoms with E-state index in [1.807, 2.05) is 0 Å². The second kappa shape index (κ2) is 6.33. The van der Waals surface area contributed by atoms with Crippen LogP contribution in [0.2, 0.25) is 0 Å². The molecule has 3 heteroatoms. The Morgan fingerprint density at radius 2 is 1.75 bits per heavy atom. The summed E-state index contributed by atoms with van der Waals surface area (Å²) in [6, 6.07) is 3.27. The van der Waals surface area contributed by atoms with Gasteiger partial charge in [-0.05, 0) is 64.6 Å². The Morgan fingerprint density at radius 1 is 1.05 bits per heavy atom. The molecular weight excluding hydrogens is 246 g/mol. The molecule has 3 unspecified atom stereocenters. The van der Waals surface area contributed by atoms with E-state index in [0.29, 0.717) is 6.04 Å². The summed E-state index contributed by atoms with van der Waals surface area (Å²) in [5.74, 6) is 0.878. The highest BCUT2D eigenvalue weighted by Crippen LogP contribution is 2.37. The molecule has 116 valence electrons. The van der Waals surface area contributed by atoms with Crippen molar-refractivity contribution in [3.05, 3.63) is 0 Å².